The van der Waals surface area contributed by atoms with Gasteiger partial charge in [0, 0.05) is 17.4 Å². The predicted octanol–water partition coefficient (Wildman–Crippen LogP) is 3.68. The van der Waals surface area contributed by atoms with Crippen molar-refractivity contribution < 1.29 is 20.1 Å². The largest absolute Gasteiger partial charge is 0.508 e. The molecule has 25 heavy (non-hydrogen) atoms. The lowest BCUT2D eigenvalue weighted by Gasteiger charge is -2.48. The topological polar surface area (TPSA) is 69.9 Å². The Bertz CT molecular complexity index is 662. The summed E-state index contributed by atoms with van der Waals surface area (Å²) in [6.07, 6.45) is 6.06. The summed E-state index contributed by atoms with van der Waals surface area (Å²) < 4.78 is 6.24. The molecule has 0 bridgehead atoms. The van der Waals surface area contributed by atoms with Crippen LogP contribution in [0.15, 0.2) is 23.8 Å². The van der Waals surface area contributed by atoms with Crippen molar-refractivity contribution in [3.63, 3.8) is 0 Å². The molecule has 1 aromatic carbocycles. The van der Waals surface area contributed by atoms with Gasteiger partial charge >= 0.3 is 0 Å². The molecule has 1 aromatic rings. The molecule has 0 amide bonds. The number of aryl methyl sites for hydroxylation is 1. The number of hydrogen-bond donors (Lipinski definition) is 3. The normalized spacial score (nSPS) is 27.1. The summed E-state index contributed by atoms with van der Waals surface area (Å²) in [7, 11) is 0. The SMILES string of the molecule is CCCCCc1cc(O)c2c(c1)OC(C)(C)[C@@H]1C(O)C=C(CO)C[C@@H]21. The molecule has 1 heterocycles. The summed E-state index contributed by atoms with van der Waals surface area (Å²) in [5.41, 5.74) is 2.15. The van der Waals surface area contributed by atoms with Crippen molar-refractivity contribution in [2.45, 2.75) is 70.5 Å². The molecule has 3 rings (SSSR count). The van der Waals surface area contributed by atoms with Crippen molar-refractivity contribution >= 4 is 0 Å². The molecule has 1 aliphatic heterocycles. The lowest BCUT2D eigenvalue weighted by atomic mass is 9.65. The first kappa shape index (κ1) is 18.3. The van der Waals surface area contributed by atoms with E-state index in [1.165, 1.54) is 12.8 Å². The van der Waals surface area contributed by atoms with Crippen LogP contribution in [0.4, 0.5) is 0 Å². The number of fused-ring (bicyclic) bond motifs is 3. The van der Waals surface area contributed by atoms with E-state index < -0.39 is 11.7 Å². The number of aliphatic hydroxyl groups excluding tert-OH is 2. The van der Waals surface area contributed by atoms with Crippen LogP contribution in [-0.2, 0) is 6.42 Å². The van der Waals surface area contributed by atoms with Crippen molar-refractivity contribution in [3.8, 4) is 11.5 Å². The number of ether oxygens (including phenoxy) is 1. The molecular weight excluding hydrogens is 316 g/mol. The molecule has 1 unspecified atom stereocenters. The van der Waals surface area contributed by atoms with Gasteiger partial charge in [0.05, 0.1) is 12.7 Å². The Balaban J connectivity index is 2.00. The number of hydrogen-bond acceptors (Lipinski definition) is 4. The number of rotatable bonds is 5. The van der Waals surface area contributed by atoms with E-state index in [-0.39, 0.29) is 24.2 Å². The fourth-order valence-corrected chi connectivity index (χ4v) is 4.55. The van der Waals surface area contributed by atoms with Crippen molar-refractivity contribution in [3.05, 3.63) is 34.9 Å². The third-order valence-corrected chi connectivity index (χ3v) is 5.69. The zero-order valence-electron chi connectivity index (χ0n) is 15.5. The van der Waals surface area contributed by atoms with Gasteiger partial charge in [-0.1, -0.05) is 25.8 Å². The zero-order chi connectivity index (χ0) is 18.2. The van der Waals surface area contributed by atoms with E-state index in [1.54, 1.807) is 6.08 Å². The highest BCUT2D eigenvalue weighted by atomic mass is 16.5. The smallest absolute Gasteiger partial charge is 0.127 e. The quantitative estimate of drug-likeness (QED) is 0.562. The summed E-state index contributed by atoms with van der Waals surface area (Å²) in [5, 5.41) is 30.8. The van der Waals surface area contributed by atoms with Gasteiger partial charge in [-0.15, -0.1) is 0 Å². The average Bonchev–Trinajstić information content (AvgIpc) is 2.53. The minimum Gasteiger partial charge on any atom is -0.508 e. The van der Waals surface area contributed by atoms with E-state index in [9.17, 15) is 15.3 Å². The number of phenols is 1. The molecule has 4 nitrogen and oxygen atoms in total. The van der Waals surface area contributed by atoms with Gasteiger partial charge in [-0.2, -0.15) is 0 Å². The molecular formula is C21H30O4. The maximum atomic E-state index is 10.7. The Hall–Kier alpha value is -1.52. The molecule has 1 aliphatic carbocycles. The maximum Gasteiger partial charge on any atom is 0.127 e. The van der Waals surface area contributed by atoms with E-state index in [0.717, 1.165) is 35.3 Å². The first-order valence-corrected chi connectivity index (χ1v) is 9.40. The minimum absolute atomic E-state index is 0.0504. The van der Waals surface area contributed by atoms with Crippen LogP contribution >= 0.6 is 0 Å². The molecule has 0 aromatic heterocycles. The third-order valence-electron chi connectivity index (χ3n) is 5.69. The van der Waals surface area contributed by atoms with Gasteiger partial charge in [-0.05, 0) is 56.4 Å². The second kappa shape index (κ2) is 7.00. The Kier molecular flexibility index (Phi) is 5.12. The molecule has 138 valence electrons. The van der Waals surface area contributed by atoms with Gasteiger partial charge in [0.25, 0.3) is 0 Å². The van der Waals surface area contributed by atoms with E-state index in [0.29, 0.717) is 6.42 Å². The lowest BCUT2D eigenvalue weighted by Crippen LogP contribution is -2.51. The van der Waals surface area contributed by atoms with Gasteiger partial charge in [0.1, 0.15) is 17.1 Å². The maximum absolute atomic E-state index is 10.7. The van der Waals surface area contributed by atoms with Gasteiger partial charge in [-0.25, -0.2) is 0 Å². The average molecular weight is 346 g/mol. The van der Waals surface area contributed by atoms with E-state index in [1.807, 2.05) is 26.0 Å². The van der Waals surface area contributed by atoms with Crippen molar-refractivity contribution in [1.29, 1.82) is 0 Å². The fourth-order valence-electron chi connectivity index (χ4n) is 4.55. The van der Waals surface area contributed by atoms with Crippen LogP contribution in [0, 0.1) is 5.92 Å². The highest BCUT2D eigenvalue weighted by Gasteiger charge is 2.49. The summed E-state index contributed by atoms with van der Waals surface area (Å²) in [6, 6.07) is 3.89. The Morgan fingerprint density at radius 3 is 2.68 bits per heavy atom. The Morgan fingerprint density at radius 2 is 2.00 bits per heavy atom. The second-order valence-corrected chi connectivity index (χ2v) is 8.00. The number of benzene rings is 1. The summed E-state index contributed by atoms with van der Waals surface area (Å²) in [5.74, 6) is 0.780. The molecule has 2 aliphatic rings. The number of unbranched alkanes of at least 4 members (excludes halogenated alkanes) is 2. The molecule has 3 atom stereocenters. The summed E-state index contributed by atoms with van der Waals surface area (Å²) in [6.45, 7) is 6.11. The van der Waals surface area contributed by atoms with Gasteiger partial charge in [0.15, 0.2) is 0 Å². The monoisotopic (exact) mass is 346 g/mol. The van der Waals surface area contributed by atoms with E-state index in [4.69, 9.17) is 4.74 Å². The van der Waals surface area contributed by atoms with Gasteiger partial charge < -0.3 is 20.1 Å². The van der Waals surface area contributed by atoms with E-state index in [2.05, 4.69) is 6.92 Å². The molecule has 3 N–H and O–H groups in total. The highest BCUT2D eigenvalue weighted by Crippen LogP contribution is 2.54. The standard InChI is InChI=1S/C21H30O4/c1-4-5-6-7-13-9-16(23)19-15-8-14(12-22)10-17(24)20(15)21(2,3)25-18(19)11-13/h9-11,15,17,20,22-24H,4-8,12H2,1-3H3/t15-,17?,20-/m0/s1. The molecule has 0 spiro atoms. The number of phenolic OH excluding ortho intramolecular Hbond substituents is 1. The zero-order valence-corrected chi connectivity index (χ0v) is 15.5. The first-order chi connectivity index (χ1) is 11.9. The molecule has 0 saturated carbocycles. The van der Waals surface area contributed by atoms with Crippen LogP contribution in [0.2, 0.25) is 0 Å². The van der Waals surface area contributed by atoms with Crippen LogP contribution in [0.5, 0.6) is 11.5 Å². The van der Waals surface area contributed by atoms with Crippen LogP contribution in [-0.4, -0.2) is 33.6 Å². The molecule has 0 fully saturated rings. The Labute approximate surface area is 150 Å². The molecule has 4 heteroatoms. The number of aromatic hydroxyl groups is 1. The minimum atomic E-state index is -0.687. The van der Waals surface area contributed by atoms with Crippen LogP contribution in [0.1, 0.15) is 63.5 Å². The van der Waals surface area contributed by atoms with Crippen LogP contribution < -0.4 is 4.74 Å². The fraction of sp³-hybridized carbons (Fsp3) is 0.619. The van der Waals surface area contributed by atoms with Crippen LogP contribution in [0.25, 0.3) is 0 Å². The molecule has 0 saturated heterocycles. The van der Waals surface area contributed by atoms with Crippen LogP contribution in [0.3, 0.4) is 0 Å². The third kappa shape index (κ3) is 3.42. The first-order valence-electron chi connectivity index (χ1n) is 9.40. The Morgan fingerprint density at radius 1 is 1.24 bits per heavy atom. The van der Waals surface area contributed by atoms with Gasteiger partial charge in [-0.3, -0.25) is 0 Å². The van der Waals surface area contributed by atoms with Crippen molar-refractivity contribution in [2.75, 3.05) is 6.61 Å². The second-order valence-electron chi connectivity index (χ2n) is 8.00. The molecule has 0 radical (unpaired) electrons. The highest BCUT2D eigenvalue weighted by molar-refractivity contribution is 5.53. The lowest BCUT2D eigenvalue weighted by molar-refractivity contribution is -0.0465. The van der Waals surface area contributed by atoms with Gasteiger partial charge in [0.2, 0.25) is 0 Å². The number of aliphatic hydroxyl groups is 2. The van der Waals surface area contributed by atoms with Crippen molar-refractivity contribution in [1.82, 2.24) is 0 Å². The summed E-state index contributed by atoms with van der Waals surface area (Å²) in [4.78, 5) is 0. The van der Waals surface area contributed by atoms with Crippen molar-refractivity contribution in [2.24, 2.45) is 5.92 Å². The summed E-state index contributed by atoms with van der Waals surface area (Å²) >= 11 is 0. The predicted molar refractivity (Wildman–Crippen MR) is 98.1 cm³/mol. The van der Waals surface area contributed by atoms with E-state index >= 15 is 0 Å².